The molecule has 21 heavy (non-hydrogen) atoms. The number of unbranched alkanes of at least 4 members (excludes halogenated alkanes) is 3. The Morgan fingerprint density at radius 3 is 2.71 bits per heavy atom. The summed E-state index contributed by atoms with van der Waals surface area (Å²) in [7, 11) is 0. The van der Waals surface area contributed by atoms with Crippen molar-refractivity contribution < 1.29 is 9.90 Å². The van der Waals surface area contributed by atoms with E-state index in [2.05, 4.69) is 31.1 Å². The maximum atomic E-state index is 10.8. The predicted molar refractivity (Wildman–Crippen MR) is 82.0 cm³/mol. The molecule has 120 valence electrons. The van der Waals surface area contributed by atoms with Crippen molar-refractivity contribution in [2.24, 2.45) is 5.73 Å². The first-order valence-electron chi connectivity index (χ1n) is 7.83. The average molecular weight is 296 g/mol. The Balaban J connectivity index is 2.68. The predicted octanol–water partition coefficient (Wildman–Crippen LogP) is 2.33. The molecule has 0 bridgehead atoms. The van der Waals surface area contributed by atoms with Gasteiger partial charge < -0.3 is 10.8 Å². The molecule has 1 rings (SSSR count). The van der Waals surface area contributed by atoms with Crippen LogP contribution in [0.15, 0.2) is 6.20 Å². The maximum absolute atomic E-state index is 10.8. The number of nitrogens with two attached hydrogens (primary N) is 1. The number of nitrogens with zero attached hydrogens (tertiary/aromatic N) is 3. The minimum atomic E-state index is -1.01. The highest BCUT2D eigenvalue weighted by molar-refractivity contribution is 5.73. The van der Waals surface area contributed by atoms with Crippen molar-refractivity contribution >= 4 is 5.97 Å². The van der Waals surface area contributed by atoms with E-state index in [9.17, 15) is 4.79 Å². The molecule has 0 aliphatic heterocycles. The summed E-state index contributed by atoms with van der Waals surface area (Å²) in [6.07, 6.45) is 8.96. The van der Waals surface area contributed by atoms with Gasteiger partial charge in [0.25, 0.3) is 0 Å². The molecule has 0 aromatic carbocycles. The minimum Gasteiger partial charge on any atom is -0.480 e. The van der Waals surface area contributed by atoms with Crippen molar-refractivity contribution in [2.75, 3.05) is 0 Å². The Morgan fingerprint density at radius 1 is 1.43 bits per heavy atom. The van der Waals surface area contributed by atoms with Gasteiger partial charge in [-0.15, -0.1) is 5.10 Å². The molecular formula is C15H28N4O2. The fourth-order valence-corrected chi connectivity index (χ4v) is 2.35. The standard InChI is InChI=1S/C15H28N4O2/c1-4-6-7-8-9-15(3,5-2)19-11-12(17-18-19)10-13(16)14(20)21/h11,13H,4-10,16H2,1-3H3,(H,20,21). The van der Waals surface area contributed by atoms with E-state index >= 15 is 0 Å². The summed E-state index contributed by atoms with van der Waals surface area (Å²) in [4.78, 5) is 10.8. The van der Waals surface area contributed by atoms with Crippen molar-refractivity contribution in [2.45, 2.75) is 77.3 Å². The number of aliphatic carboxylic acids is 1. The Morgan fingerprint density at radius 2 is 2.14 bits per heavy atom. The minimum absolute atomic E-state index is 0.0632. The molecule has 2 atom stereocenters. The van der Waals surface area contributed by atoms with Crippen LogP contribution in [0.1, 0.15) is 65.0 Å². The van der Waals surface area contributed by atoms with Crippen LogP contribution in [0.4, 0.5) is 0 Å². The molecule has 1 heterocycles. The topological polar surface area (TPSA) is 94.0 Å². The van der Waals surface area contributed by atoms with Crippen LogP contribution in [0, 0.1) is 0 Å². The Kier molecular flexibility index (Phi) is 6.81. The molecular weight excluding hydrogens is 268 g/mol. The first kappa shape index (κ1) is 17.6. The zero-order valence-electron chi connectivity index (χ0n) is 13.4. The van der Waals surface area contributed by atoms with Gasteiger partial charge in [0.15, 0.2) is 0 Å². The van der Waals surface area contributed by atoms with Crippen molar-refractivity contribution in [3.8, 4) is 0 Å². The van der Waals surface area contributed by atoms with Gasteiger partial charge in [0, 0.05) is 12.6 Å². The average Bonchev–Trinajstić information content (AvgIpc) is 2.92. The monoisotopic (exact) mass is 296 g/mol. The zero-order valence-corrected chi connectivity index (χ0v) is 13.4. The fourth-order valence-electron chi connectivity index (χ4n) is 2.35. The maximum Gasteiger partial charge on any atom is 0.320 e. The summed E-state index contributed by atoms with van der Waals surface area (Å²) in [5, 5.41) is 17.1. The molecule has 0 aliphatic carbocycles. The molecule has 3 N–H and O–H groups in total. The number of aromatic nitrogens is 3. The van der Waals surface area contributed by atoms with Gasteiger partial charge in [-0.25, -0.2) is 4.68 Å². The van der Waals surface area contributed by atoms with E-state index in [-0.39, 0.29) is 12.0 Å². The number of carbonyl (C=O) groups is 1. The van der Waals surface area contributed by atoms with E-state index in [1.165, 1.54) is 25.7 Å². The van der Waals surface area contributed by atoms with Gasteiger partial charge in [-0.2, -0.15) is 0 Å². The van der Waals surface area contributed by atoms with E-state index in [1.54, 1.807) is 0 Å². The highest BCUT2D eigenvalue weighted by Crippen LogP contribution is 2.26. The van der Waals surface area contributed by atoms with E-state index in [4.69, 9.17) is 10.8 Å². The van der Waals surface area contributed by atoms with Gasteiger partial charge >= 0.3 is 5.97 Å². The summed E-state index contributed by atoms with van der Waals surface area (Å²) in [5.41, 5.74) is 6.11. The smallest absolute Gasteiger partial charge is 0.320 e. The third-order valence-corrected chi connectivity index (χ3v) is 4.17. The number of carboxylic acids is 1. The van der Waals surface area contributed by atoms with Crippen molar-refractivity contribution in [1.29, 1.82) is 0 Å². The van der Waals surface area contributed by atoms with Crippen LogP contribution in [0.5, 0.6) is 0 Å². The Hall–Kier alpha value is -1.43. The molecule has 0 spiro atoms. The van der Waals surface area contributed by atoms with Gasteiger partial charge in [-0.3, -0.25) is 4.79 Å². The second kappa shape index (κ2) is 8.12. The normalized spacial score (nSPS) is 15.6. The molecule has 1 aromatic rings. The summed E-state index contributed by atoms with van der Waals surface area (Å²) >= 11 is 0. The lowest BCUT2D eigenvalue weighted by Crippen LogP contribution is -2.32. The summed E-state index contributed by atoms with van der Waals surface area (Å²) in [6.45, 7) is 6.52. The second-order valence-corrected chi connectivity index (χ2v) is 5.96. The zero-order chi connectivity index (χ0) is 15.9. The summed E-state index contributed by atoms with van der Waals surface area (Å²) in [5.74, 6) is -1.01. The lowest BCUT2D eigenvalue weighted by molar-refractivity contribution is -0.138. The highest BCUT2D eigenvalue weighted by Gasteiger charge is 2.26. The molecule has 6 nitrogen and oxygen atoms in total. The molecule has 0 saturated heterocycles. The molecule has 0 amide bonds. The molecule has 2 unspecified atom stereocenters. The number of rotatable bonds is 10. The van der Waals surface area contributed by atoms with Gasteiger partial charge in [0.1, 0.15) is 6.04 Å². The van der Waals surface area contributed by atoms with Crippen LogP contribution in [0.2, 0.25) is 0 Å². The third-order valence-electron chi connectivity index (χ3n) is 4.17. The van der Waals surface area contributed by atoms with E-state index in [1.807, 2.05) is 10.9 Å². The van der Waals surface area contributed by atoms with E-state index in [0.717, 1.165) is 12.8 Å². The quantitative estimate of drug-likeness (QED) is 0.646. The van der Waals surface area contributed by atoms with Gasteiger partial charge in [0.05, 0.1) is 11.2 Å². The summed E-state index contributed by atoms with van der Waals surface area (Å²) in [6, 6.07) is -0.924. The van der Waals surface area contributed by atoms with Crippen molar-refractivity contribution in [1.82, 2.24) is 15.0 Å². The van der Waals surface area contributed by atoms with Crippen molar-refractivity contribution in [3.63, 3.8) is 0 Å². The molecule has 0 radical (unpaired) electrons. The SMILES string of the molecule is CCCCCCC(C)(CC)n1cc(CC(N)C(=O)O)nn1. The molecule has 0 aliphatic rings. The number of hydrogen-bond donors (Lipinski definition) is 2. The van der Waals surface area contributed by atoms with Crippen LogP contribution in [-0.4, -0.2) is 32.1 Å². The fraction of sp³-hybridized carbons (Fsp3) is 0.800. The van der Waals surface area contributed by atoms with Crippen LogP contribution < -0.4 is 5.73 Å². The first-order chi connectivity index (χ1) is 9.92. The second-order valence-electron chi connectivity index (χ2n) is 5.96. The lowest BCUT2D eigenvalue weighted by atomic mass is 9.91. The lowest BCUT2D eigenvalue weighted by Gasteiger charge is -2.28. The van der Waals surface area contributed by atoms with Crippen LogP contribution >= 0.6 is 0 Å². The van der Waals surface area contributed by atoms with Gasteiger partial charge in [0.2, 0.25) is 0 Å². The van der Waals surface area contributed by atoms with Gasteiger partial charge in [-0.05, 0) is 19.8 Å². The first-order valence-corrected chi connectivity index (χ1v) is 7.83. The number of hydrogen-bond acceptors (Lipinski definition) is 4. The summed E-state index contributed by atoms with van der Waals surface area (Å²) < 4.78 is 1.88. The third kappa shape index (κ3) is 5.12. The molecule has 1 aromatic heterocycles. The highest BCUT2D eigenvalue weighted by atomic mass is 16.4. The molecule has 6 heteroatoms. The van der Waals surface area contributed by atoms with E-state index in [0.29, 0.717) is 5.69 Å². The molecule has 0 fully saturated rings. The van der Waals surface area contributed by atoms with Crippen LogP contribution in [0.25, 0.3) is 0 Å². The van der Waals surface area contributed by atoms with E-state index < -0.39 is 12.0 Å². The van der Waals surface area contributed by atoms with Crippen molar-refractivity contribution in [3.05, 3.63) is 11.9 Å². The molecule has 0 saturated carbocycles. The van der Waals surface area contributed by atoms with Gasteiger partial charge in [-0.1, -0.05) is 44.7 Å². The Labute approximate surface area is 126 Å². The largest absolute Gasteiger partial charge is 0.480 e. The van der Waals surface area contributed by atoms with Crippen LogP contribution in [-0.2, 0) is 16.8 Å². The number of carboxylic acid groups (broad SMARTS) is 1. The Bertz CT molecular complexity index is 447. The van der Waals surface area contributed by atoms with Crippen LogP contribution in [0.3, 0.4) is 0 Å².